The maximum absolute atomic E-state index is 13.4. The van der Waals surface area contributed by atoms with Crippen LogP contribution in [-0.4, -0.2) is 26.9 Å². The number of benzene rings is 2. The van der Waals surface area contributed by atoms with Crippen molar-refractivity contribution in [2.45, 2.75) is 76.2 Å². The van der Waals surface area contributed by atoms with Crippen LogP contribution >= 0.6 is 11.3 Å². The predicted octanol–water partition coefficient (Wildman–Crippen LogP) is 6.66. The molecule has 0 unspecified atom stereocenters. The second kappa shape index (κ2) is 10.9. The molecule has 1 saturated carbocycles. The highest BCUT2D eigenvalue weighted by molar-refractivity contribution is 7.92. The van der Waals surface area contributed by atoms with E-state index in [2.05, 4.69) is 5.32 Å². The highest BCUT2D eigenvalue weighted by atomic mass is 32.2. The number of hydrogen-bond acceptors (Lipinski definition) is 4. The van der Waals surface area contributed by atoms with E-state index in [1.165, 1.54) is 47.7 Å². The molecule has 4 rings (SSSR count). The molecule has 0 radical (unpaired) electrons. The summed E-state index contributed by atoms with van der Waals surface area (Å²) in [6.07, 6.45) is 8.92. The lowest BCUT2D eigenvalue weighted by molar-refractivity contribution is 0.0934. The van der Waals surface area contributed by atoms with Crippen LogP contribution in [0, 0.1) is 6.92 Å². The van der Waals surface area contributed by atoms with E-state index in [0.29, 0.717) is 23.5 Å². The molecule has 0 atom stereocenters. The zero-order valence-electron chi connectivity index (χ0n) is 20.0. The molecule has 0 aliphatic heterocycles. The highest BCUT2D eigenvalue weighted by Crippen LogP contribution is 2.32. The average Bonchev–Trinajstić information content (AvgIpc) is 3.23. The van der Waals surface area contributed by atoms with Gasteiger partial charge in [0, 0.05) is 17.3 Å². The molecule has 182 valence electrons. The van der Waals surface area contributed by atoms with Gasteiger partial charge in [-0.2, -0.15) is 0 Å². The molecule has 1 amide bonds. The van der Waals surface area contributed by atoms with Crippen LogP contribution in [0.15, 0.2) is 53.4 Å². The lowest BCUT2D eigenvalue weighted by Crippen LogP contribution is -2.34. The van der Waals surface area contributed by atoms with Crippen LogP contribution in [0.2, 0.25) is 0 Å². The van der Waals surface area contributed by atoms with E-state index in [1.807, 2.05) is 50.2 Å². The normalized spacial score (nSPS) is 15.6. The minimum atomic E-state index is -3.68. The first-order valence-corrected chi connectivity index (χ1v) is 14.6. The summed E-state index contributed by atoms with van der Waals surface area (Å²) in [6, 6.07) is 14.8. The Hall–Kier alpha value is -2.38. The lowest BCUT2D eigenvalue weighted by Gasteiger charge is -2.24. The Morgan fingerprint density at radius 3 is 2.35 bits per heavy atom. The number of rotatable bonds is 7. The van der Waals surface area contributed by atoms with Crippen molar-refractivity contribution in [3.63, 3.8) is 0 Å². The van der Waals surface area contributed by atoms with Gasteiger partial charge >= 0.3 is 0 Å². The smallest absolute Gasteiger partial charge is 0.264 e. The molecule has 0 saturated heterocycles. The molecule has 1 aliphatic carbocycles. The Balaban J connectivity index is 1.58. The molecule has 1 N–H and O–H groups in total. The first kappa shape index (κ1) is 24.7. The SMILES string of the molecule is CCCN(c1ccc2sc(C(=O)NC3CCCCCCC3)cc2c1)S(=O)(=O)c1ccc(C)cc1. The molecule has 5 nitrogen and oxygen atoms in total. The van der Waals surface area contributed by atoms with Crippen LogP contribution in [0.5, 0.6) is 0 Å². The van der Waals surface area contributed by atoms with Crippen molar-refractivity contribution in [2.24, 2.45) is 0 Å². The van der Waals surface area contributed by atoms with Crippen molar-refractivity contribution in [1.29, 1.82) is 0 Å². The summed E-state index contributed by atoms with van der Waals surface area (Å²) in [5.41, 5.74) is 1.64. The second-order valence-corrected chi connectivity index (χ2v) is 12.2. The van der Waals surface area contributed by atoms with Crippen LogP contribution < -0.4 is 9.62 Å². The third kappa shape index (κ3) is 5.63. The zero-order chi connectivity index (χ0) is 24.1. The average molecular weight is 499 g/mol. The van der Waals surface area contributed by atoms with E-state index in [1.54, 1.807) is 12.1 Å². The zero-order valence-corrected chi connectivity index (χ0v) is 21.7. The fourth-order valence-electron chi connectivity index (χ4n) is 4.58. The topological polar surface area (TPSA) is 66.5 Å². The van der Waals surface area contributed by atoms with Crippen LogP contribution in [0.1, 0.15) is 73.5 Å². The van der Waals surface area contributed by atoms with Gasteiger partial charge in [0.25, 0.3) is 15.9 Å². The number of carbonyl (C=O) groups excluding carboxylic acids is 1. The number of amides is 1. The molecule has 34 heavy (non-hydrogen) atoms. The number of nitrogens with one attached hydrogen (secondary N) is 1. The van der Waals surface area contributed by atoms with Crippen molar-refractivity contribution in [3.8, 4) is 0 Å². The largest absolute Gasteiger partial charge is 0.349 e. The number of hydrogen-bond donors (Lipinski definition) is 1. The van der Waals surface area contributed by atoms with Crippen LogP contribution in [0.25, 0.3) is 10.1 Å². The van der Waals surface area contributed by atoms with E-state index in [-0.39, 0.29) is 16.8 Å². The van der Waals surface area contributed by atoms with Gasteiger partial charge in [-0.1, -0.05) is 56.7 Å². The Bertz CT molecular complexity index is 1220. The molecule has 1 fully saturated rings. The third-order valence-electron chi connectivity index (χ3n) is 6.49. The molecule has 0 bridgehead atoms. The summed E-state index contributed by atoms with van der Waals surface area (Å²) >= 11 is 1.46. The van der Waals surface area contributed by atoms with E-state index >= 15 is 0 Å². The number of aryl methyl sites for hydroxylation is 1. The van der Waals surface area contributed by atoms with Crippen molar-refractivity contribution < 1.29 is 13.2 Å². The maximum atomic E-state index is 13.4. The fraction of sp³-hybridized carbons (Fsp3) is 0.444. The Labute approximate surface area is 207 Å². The Morgan fingerprint density at radius 2 is 1.68 bits per heavy atom. The van der Waals surface area contributed by atoms with Crippen molar-refractivity contribution in [1.82, 2.24) is 5.32 Å². The van der Waals surface area contributed by atoms with Gasteiger partial charge in [-0.05, 0) is 68.0 Å². The summed E-state index contributed by atoms with van der Waals surface area (Å²) in [6.45, 7) is 4.30. The van der Waals surface area contributed by atoms with E-state index < -0.39 is 10.0 Å². The van der Waals surface area contributed by atoms with Gasteiger partial charge in [-0.15, -0.1) is 11.3 Å². The van der Waals surface area contributed by atoms with E-state index in [4.69, 9.17) is 0 Å². The van der Waals surface area contributed by atoms with Gasteiger partial charge in [0.2, 0.25) is 0 Å². The van der Waals surface area contributed by atoms with Crippen LogP contribution in [0.3, 0.4) is 0 Å². The summed E-state index contributed by atoms with van der Waals surface area (Å²) < 4.78 is 29.3. The third-order valence-corrected chi connectivity index (χ3v) is 9.44. The Kier molecular flexibility index (Phi) is 7.94. The molecular formula is C27H34N2O3S2. The second-order valence-electron chi connectivity index (χ2n) is 9.24. The monoisotopic (exact) mass is 498 g/mol. The van der Waals surface area contributed by atoms with Gasteiger partial charge in [-0.3, -0.25) is 9.10 Å². The fourth-order valence-corrected chi connectivity index (χ4v) is 7.08. The van der Waals surface area contributed by atoms with Crippen molar-refractivity contribution >= 4 is 43.0 Å². The number of thiophene rings is 1. The van der Waals surface area contributed by atoms with Crippen molar-refractivity contribution in [3.05, 3.63) is 59.0 Å². The van der Waals surface area contributed by atoms with Gasteiger partial charge in [0.1, 0.15) is 0 Å². The number of sulfonamides is 1. The summed E-state index contributed by atoms with van der Waals surface area (Å²) in [7, 11) is -3.68. The molecular weight excluding hydrogens is 464 g/mol. The summed E-state index contributed by atoms with van der Waals surface area (Å²) in [5.74, 6) is -0.0222. The summed E-state index contributed by atoms with van der Waals surface area (Å²) in [5, 5.41) is 4.13. The predicted molar refractivity (Wildman–Crippen MR) is 141 cm³/mol. The molecule has 7 heteroatoms. The van der Waals surface area contributed by atoms with Gasteiger partial charge < -0.3 is 5.32 Å². The molecule has 1 heterocycles. The maximum Gasteiger partial charge on any atom is 0.264 e. The quantitative estimate of drug-likeness (QED) is 0.396. The molecule has 1 aliphatic rings. The molecule has 0 spiro atoms. The lowest BCUT2D eigenvalue weighted by atomic mass is 9.97. The molecule has 2 aromatic carbocycles. The van der Waals surface area contributed by atoms with E-state index in [9.17, 15) is 13.2 Å². The number of fused-ring (bicyclic) bond motifs is 1. The van der Waals surface area contributed by atoms with Gasteiger partial charge in [-0.25, -0.2) is 8.42 Å². The number of carbonyl (C=O) groups is 1. The number of nitrogens with zero attached hydrogens (tertiary/aromatic N) is 1. The Morgan fingerprint density at radius 1 is 1.00 bits per heavy atom. The van der Waals surface area contributed by atoms with Gasteiger partial charge in [0.05, 0.1) is 15.5 Å². The van der Waals surface area contributed by atoms with Crippen LogP contribution in [0.4, 0.5) is 5.69 Å². The first-order valence-electron chi connectivity index (χ1n) is 12.3. The summed E-state index contributed by atoms with van der Waals surface area (Å²) in [4.78, 5) is 13.9. The first-order chi connectivity index (χ1) is 16.4. The molecule has 1 aromatic heterocycles. The standard InChI is InChI=1S/C27H34N2O3S2/c1-3-17-29(34(31,32)24-14-11-20(2)12-15-24)23-13-16-25-21(18-23)19-26(33-25)27(30)28-22-9-7-5-4-6-8-10-22/h11-16,18-19,22H,3-10,17H2,1-2H3,(H,28,30). The van der Waals surface area contributed by atoms with Gasteiger partial charge in [0.15, 0.2) is 0 Å². The highest BCUT2D eigenvalue weighted by Gasteiger charge is 2.25. The van der Waals surface area contributed by atoms with Crippen LogP contribution in [-0.2, 0) is 10.0 Å². The van der Waals surface area contributed by atoms with Crippen molar-refractivity contribution in [2.75, 3.05) is 10.8 Å². The minimum Gasteiger partial charge on any atom is -0.349 e. The molecule has 3 aromatic rings. The number of anilines is 1. The minimum absolute atomic E-state index is 0.0222. The van der Waals surface area contributed by atoms with E-state index in [0.717, 1.165) is 28.5 Å².